The lowest BCUT2D eigenvalue weighted by Gasteiger charge is -2.28. The molecular weight excluding hydrogens is 346 g/mol. The van der Waals surface area contributed by atoms with Gasteiger partial charge in [0.05, 0.1) is 0 Å². The number of carbonyl (C=O) groups excluding carboxylic acids is 1. The Hall–Kier alpha value is -0.690. The first kappa shape index (κ1) is 13.7. The van der Waals surface area contributed by atoms with E-state index in [2.05, 4.69) is 17.6 Å². The number of rotatable bonds is 2. The minimum Gasteiger partial charge on any atom is -0.349 e. The lowest BCUT2D eigenvalue weighted by Crippen LogP contribution is -2.46. The van der Waals surface area contributed by atoms with Crippen LogP contribution in [0.3, 0.4) is 0 Å². The zero-order chi connectivity index (χ0) is 13.1. The lowest BCUT2D eigenvalue weighted by atomic mass is 10.0. The predicted molar refractivity (Wildman–Crippen MR) is 77.1 cm³/mol. The topological polar surface area (TPSA) is 41.1 Å². The van der Waals surface area contributed by atoms with Crippen molar-refractivity contribution in [3.05, 3.63) is 33.1 Å². The molecule has 2 atom stereocenters. The van der Waals surface area contributed by atoms with Gasteiger partial charge in [-0.05, 0) is 67.1 Å². The molecule has 1 aliphatic heterocycles. The van der Waals surface area contributed by atoms with Gasteiger partial charge in [0.15, 0.2) is 0 Å². The Morgan fingerprint density at radius 1 is 1.56 bits per heavy atom. The number of carbonyl (C=O) groups is 1. The molecule has 3 nitrogen and oxygen atoms in total. The van der Waals surface area contributed by atoms with Gasteiger partial charge in [-0.2, -0.15) is 0 Å². The van der Waals surface area contributed by atoms with E-state index in [0.29, 0.717) is 15.2 Å². The Morgan fingerprint density at radius 3 is 3.00 bits per heavy atom. The van der Waals surface area contributed by atoms with Crippen molar-refractivity contribution in [2.75, 3.05) is 6.54 Å². The molecule has 1 saturated heterocycles. The van der Waals surface area contributed by atoms with Crippen LogP contribution in [0.15, 0.2) is 18.2 Å². The van der Waals surface area contributed by atoms with Gasteiger partial charge in [-0.3, -0.25) is 4.79 Å². The van der Waals surface area contributed by atoms with Crippen molar-refractivity contribution in [1.82, 2.24) is 10.6 Å². The Labute approximate surface area is 120 Å². The fraction of sp³-hybridized carbons (Fsp3) is 0.462. The summed E-state index contributed by atoms with van der Waals surface area (Å²) in [6, 6.07) is 5.16. The quantitative estimate of drug-likeness (QED) is 0.793. The summed E-state index contributed by atoms with van der Waals surface area (Å²) in [5.74, 6) is -0.536. The number of hydrogen-bond donors (Lipinski definition) is 2. The lowest BCUT2D eigenvalue weighted by molar-refractivity contribution is 0.0925. The predicted octanol–water partition coefficient (Wildman–Crippen LogP) is 2.30. The third-order valence-corrected chi connectivity index (χ3v) is 4.02. The highest BCUT2D eigenvalue weighted by Crippen LogP contribution is 2.14. The Bertz CT molecular complexity index is 453. The first-order valence-corrected chi connectivity index (χ1v) is 7.13. The zero-order valence-electron chi connectivity index (χ0n) is 10.2. The molecule has 0 aliphatic carbocycles. The molecule has 1 aromatic rings. The molecule has 18 heavy (non-hydrogen) atoms. The average molecular weight is 362 g/mol. The number of nitrogens with one attached hydrogen (secondary N) is 2. The molecule has 2 unspecified atom stereocenters. The Kier molecular flexibility index (Phi) is 4.55. The molecule has 2 N–H and O–H groups in total. The molecule has 1 aromatic carbocycles. The van der Waals surface area contributed by atoms with Gasteiger partial charge in [0.25, 0.3) is 5.91 Å². The van der Waals surface area contributed by atoms with Gasteiger partial charge in [0, 0.05) is 21.2 Å². The number of amides is 1. The SMILES string of the molecule is CC1CC(NC(=O)c2ccc(I)c(F)c2)CCN1. The van der Waals surface area contributed by atoms with Crippen molar-refractivity contribution in [2.24, 2.45) is 0 Å². The molecular formula is C13H16FIN2O. The normalized spacial score (nSPS) is 23.7. The number of benzene rings is 1. The molecule has 1 heterocycles. The van der Waals surface area contributed by atoms with E-state index < -0.39 is 0 Å². The molecule has 98 valence electrons. The maximum Gasteiger partial charge on any atom is 0.251 e. The van der Waals surface area contributed by atoms with Crippen LogP contribution in [0.4, 0.5) is 4.39 Å². The summed E-state index contributed by atoms with van der Waals surface area (Å²) in [6.07, 6.45) is 1.83. The van der Waals surface area contributed by atoms with Gasteiger partial charge in [-0.1, -0.05) is 0 Å². The largest absolute Gasteiger partial charge is 0.349 e. The highest BCUT2D eigenvalue weighted by Gasteiger charge is 2.20. The van der Waals surface area contributed by atoms with Crippen LogP contribution in [0.1, 0.15) is 30.1 Å². The molecule has 0 spiro atoms. The highest BCUT2D eigenvalue weighted by molar-refractivity contribution is 14.1. The molecule has 0 bridgehead atoms. The summed E-state index contributed by atoms with van der Waals surface area (Å²) >= 11 is 1.91. The third kappa shape index (κ3) is 3.41. The van der Waals surface area contributed by atoms with Gasteiger partial charge in [0.1, 0.15) is 5.82 Å². The summed E-state index contributed by atoms with van der Waals surface area (Å²) in [6.45, 7) is 3.01. The van der Waals surface area contributed by atoms with Crippen molar-refractivity contribution in [3.63, 3.8) is 0 Å². The van der Waals surface area contributed by atoms with E-state index in [4.69, 9.17) is 0 Å². The Morgan fingerprint density at radius 2 is 2.33 bits per heavy atom. The zero-order valence-corrected chi connectivity index (χ0v) is 12.3. The number of piperidine rings is 1. The first-order chi connectivity index (χ1) is 8.56. The summed E-state index contributed by atoms with van der Waals surface area (Å²) in [7, 11) is 0. The summed E-state index contributed by atoms with van der Waals surface area (Å²) in [5, 5.41) is 6.29. The van der Waals surface area contributed by atoms with Crippen molar-refractivity contribution in [2.45, 2.75) is 31.8 Å². The summed E-state index contributed by atoms with van der Waals surface area (Å²) in [4.78, 5) is 12.0. The minimum absolute atomic E-state index is 0.177. The first-order valence-electron chi connectivity index (χ1n) is 6.05. The van der Waals surface area contributed by atoms with E-state index in [0.717, 1.165) is 19.4 Å². The standard InChI is InChI=1S/C13H16FIN2O/c1-8-6-10(4-5-16-8)17-13(18)9-2-3-12(15)11(14)7-9/h2-3,7-8,10,16H,4-6H2,1H3,(H,17,18). The van der Waals surface area contributed by atoms with E-state index in [-0.39, 0.29) is 17.8 Å². The highest BCUT2D eigenvalue weighted by atomic mass is 127. The Balaban J connectivity index is 2.00. The maximum atomic E-state index is 13.4. The van der Waals surface area contributed by atoms with Crippen molar-refractivity contribution < 1.29 is 9.18 Å². The van der Waals surface area contributed by atoms with Crippen molar-refractivity contribution in [1.29, 1.82) is 0 Å². The van der Waals surface area contributed by atoms with Gasteiger partial charge in [-0.25, -0.2) is 4.39 Å². The second-order valence-corrected chi connectivity index (χ2v) is 5.84. The average Bonchev–Trinajstić information content (AvgIpc) is 2.32. The van der Waals surface area contributed by atoms with Gasteiger partial charge >= 0.3 is 0 Å². The van der Waals surface area contributed by atoms with Gasteiger partial charge in [0.2, 0.25) is 0 Å². The maximum absolute atomic E-state index is 13.4. The van der Waals surface area contributed by atoms with Crippen molar-refractivity contribution in [3.8, 4) is 0 Å². The van der Waals surface area contributed by atoms with Crippen LogP contribution in [0.2, 0.25) is 0 Å². The molecule has 0 radical (unpaired) electrons. The fourth-order valence-corrected chi connectivity index (χ4v) is 2.50. The minimum atomic E-state index is -0.345. The fourth-order valence-electron chi connectivity index (χ4n) is 2.17. The van der Waals surface area contributed by atoms with Gasteiger partial charge < -0.3 is 10.6 Å². The monoisotopic (exact) mass is 362 g/mol. The molecule has 2 rings (SSSR count). The number of halogens is 2. The van der Waals surface area contributed by atoms with Crippen molar-refractivity contribution >= 4 is 28.5 Å². The smallest absolute Gasteiger partial charge is 0.251 e. The van der Waals surface area contributed by atoms with E-state index in [1.165, 1.54) is 6.07 Å². The van der Waals surface area contributed by atoms with E-state index >= 15 is 0 Å². The molecule has 1 aliphatic rings. The second-order valence-electron chi connectivity index (χ2n) is 4.68. The molecule has 0 saturated carbocycles. The molecule has 1 fully saturated rings. The molecule has 1 amide bonds. The van der Waals surface area contributed by atoms with Crippen LogP contribution in [0, 0.1) is 9.39 Å². The van der Waals surface area contributed by atoms with E-state index in [1.807, 2.05) is 22.6 Å². The number of hydrogen-bond acceptors (Lipinski definition) is 2. The van der Waals surface area contributed by atoms with E-state index in [9.17, 15) is 9.18 Å². The van der Waals surface area contributed by atoms with Crippen LogP contribution in [-0.4, -0.2) is 24.5 Å². The van der Waals surface area contributed by atoms with Crippen LogP contribution in [0.5, 0.6) is 0 Å². The second kappa shape index (κ2) is 5.97. The summed E-state index contributed by atoms with van der Waals surface area (Å²) in [5.41, 5.74) is 0.388. The van der Waals surface area contributed by atoms with Crippen LogP contribution in [-0.2, 0) is 0 Å². The van der Waals surface area contributed by atoms with E-state index in [1.54, 1.807) is 12.1 Å². The van der Waals surface area contributed by atoms with Crippen LogP contribution < -0.4 is 10.6 Å². The molecule has 0 aromatic heterocycles. The van der Waals surface area contributed by atoms with Crippen LogP contribution >= 0.6 is 22.6 Å². The molecule has 5 heteroatoms. The third-order valence-electron chi connectivity index (χ3n) is 3.14. The van der Waals surface area contributed by atoms with Gasteiger partial charge in [-0.15, -0.1) is 0 Å². The summed E-state index contributed by atoms with van der Waals surface area (Å²) < 4.78 is 13.9. The van der Waals surface area contributed by atoms with Crippen LogP contribution in [0.25, 0.3) is 0 Å².